The topological polar surface area (TPSA) is 68.3 Å². The highest BCUT2D eigenvalue weighted by Gasteiger charge is 2.34. The molecule has 0 aliphatic heterocycles. The largest absolute Gasteiger partial charge is 0.465 e. The highest BCUT2D eigenvalue weighted by atomic mass is 32.2. The molecule has 0 fully saturated rings. The number of thiophene rings is 1. The summed E-state index contributed by atoms with van der Waals surface area (Å²) in [5, 5.41) is 4.34. The molecule has 1 aliphatic rings. The summed E-state index contributed by atoms with van der Waals surface area (Å²) >= 11 is 2.89. The van der Waals surface area contributed by atoms with E-state index >= 15 is 0 Å². The second-order valence-corrected chi connectivity index (χ2v) is 10.1. The van der Waals surface area contributed by atoms with Crippen LogP contribution in [0.15, 0.2) is 29.4 Å². The number of hydrogen-bond acceptors (Lipinski definition) is 6. The average molecular weight is 419 g/mol. The summed E-state index contributed by atoms with van der Waals surface area (Å²) in [6.45, 7) is 6.78. The van der Waals surface area contributed by atoms with Crippen LogP contribution < -0.4 is 5.32 Å². The number of carbonyl (C=O) groups excluding carboxylic acids is 2. The molecular weight excluding hydrogens is 392 g/mol. The van der Waals surface area contributed by atoms with Crippen LogP contribution in [0, 0.1) is 11.3 Å². The number of pyridine rings is 1. The maximum absolute atomic E-state index is 12.5. The van der Waals surface area contributed by atoms with Gasteiger partial charge in [-0.15, -0.1) is 11.3 Å². The number of esters is 1. The molecule has 1 amide bonds. The van der Waals surface area contributed by atoms with Crippen molar-refractivity contribution in [2.45, 2.75) is 45.1 Å². The van der Waals surface area contributed by atoms with E-state index in [1.807, 2.05) is 18.2 Å². The molecule has 5 nitrogen and oxygen atoms in total. The van der Waals surface area contributed by atoms with Gasteiger partial charge < -0.3 is 10.1 Å². The monoisotopic (exact) mass is 418 g/mol. The van der Waals surface area contributed by atoms with Gasteiger partial charge in [-0.1, -0.05) is 38.6 Å². The number of nitrogens with zero attached hydrogens (tertiary/aromatic N) is 1. The Morgan fingerprint density at radius 1 is 1.36 bits per heavy atom. The third kappa shape index (κ3) is 4.75. The first kappa shape index (κ1) is 20.9. The second kappa shape index (κ2) is 8.66. The lowest BCUT2D eigenvalue weighted by Crippen LogP contribution is -2.26. The minimum Gasteiger partial charge on any atom is -0.465 e. The summed E-state index contributed by atoms with van der Waals surface area (Å²) < 4.78 is 5.01. The lowest BCUT2D eigenvalue weighted by atomic mass is 9.72. The molecule has 0 unspecified atom stereocenters. The molecule has 1 aliphatic carbocycles. The normalized spacial score (nSPS) is 16.4. The molecule has 1 N–H and O–H groups in total. The molecule has 1 atom stereocenters. The van der Waals surface area contributed by atoms with E-state index in [4.69, 9.17) is 4.74 Å². The predicted molar refractivity (Wildman–Crippen MR) is 114 cm³/mol. The first-order chi connectivity index (χ1) is 13.3. The van der Waals surface area contributed by atoms with Crippen LogP contribution in [0.5, 0.6) is 0 Å². The average Bonchev–Trinajstić information content (AvgIpc) is 3.02. The minimum atomic E-state index is -0.376. The molecule has 2 aromatic heterocycles. The van der Waals surface area contributed by atoms with Crippen LogP contribution >= 0.6 is 23.1 Å². The van der Waals surface area contributed by atoms with Gasteiger partial charge in [0.15, 0.2) is 0 Å². The van der Waals surface area contributed by atoms with Crippen molar-refractivity contribution in [3.05, 3.63) is 40.4 Å². The van der Waals surface area contributed by atoms with Gasteiger partial charge in [0.05, 0.1) is 23.5 Å². The van der Waals surface area contributed by atoms with E-state index < -0.39 is 0 Å². The number of carbonyl (C=O) groups is 2. The molecule has 0 aromatic carbocycles. The predicted octanol–water partition coefficient (Wildman–Crippen LogP) is 4.81. The number of rotatable bonds is 5. The zero-order valence-electron chi connectivity index (χ0n) is 16.7. The fourth-order valence-electron chi connectivity index (χ4n) is 3.47. The van der Waals surface area contributed by atoms with Gasteiger partial charge in [-0.25, -0.2) is 9.78 Å². The summed E-state index contributed by atoms with van der Waals surface area (Å²) in [5.74, 6) is 0.281. The zero-order chi connectivity index (χ0) is 20.3. The summed E-state index contributed by atoms with van der Waals surface area (Å²) in [7, 11) is 1.38. The molecule has 0 saturated carbocycles. The van der Waals surface area contributed by atoms with Crippen molar-refractivity contribution >= 4 is 40.0 Å². The number of thioether (sulfide) groups is 1. The number of methoxy groups -OCH3 is 1. The van der Waals surface area contributed by atoms with Crippen LogP contribution in [-0.2, 0) is 22.4 Å². The Labute approximate surface area is 174 Å². The minimum absolute atomic E-state index is 0.147. The third-order valence-electron chi connectivity index (χ3n) is 5.12. The van der Waals surface area contributed by atoms with E-state index in [9.17, 15) is 9.59 Å². The van der Waals surface area contributed by atoms with Gasteiger partial charge in [-0.3, -0.25) is 4.79 Å². The summed E-state index contributed by atoms with van der Waals surface area (Å²) in [4.78, 5) is 30.3. The molecule has 28 heavy (non-hydrogen) atoms. The van der Waals surface area contributed by atoms with E-state index in [0.717, 1.165) is 29.9 Å². The van der Waals surface area contributed by atoms with Gasteiger partial charge in [0.25, 0.3) is 0 Å². The highest BCUT2D eigenvalue weighted by molar-refractivity contribution is 7.99. The molecule has 150 valence electrons. The number of anilines is 1. The number of hydrogen-bond donors (Lipinski definition) is 1. The van der Waals surface area contributed by atoms with Crippen LogP contribution in [0.3, 0.4) is 0 Å². The molecule has 0 spiro atoms. The van der Waals surface area contributed by atoms with Crippen molar-refractivity contribution in [3.63, 3.8) is 0 Å². The van der Waals surface area contributed by atoms with Crippen molar-refractivity contribution in [1.82, 2.24) is 4.98 Å². The molecule has 3 rings (SSSR count). The Balaban J connectivity index is 1.77. The van der Waals surface area contributed by atoms with Crippen molar-refractivity contribution in [2.75, 3.05) is 18.2 Å². The molecule has 0 radical (unpaired) electrons. The zero-order valence-corrected chi connectivity index (χ0v) is 18.3. The smallest absolute Gasteiger partial charge is 0.341 e. The van der Waals surface area contributed by atoms with Crippen molar-refractivity contribution in [3.8, 4) is 0 Å². The molecule has 2 heterocycles. The lowest BCUT2D eigenvalue weighted by molar-refractivity contribution is -0.113. The Kier molecular flexibility index (Phi) is 6.45. The molecule has 0 bridgehead atoms. The number of aromatic nitrogens is 1. The molecule has 2 aromatic rings. The number of nitrogens with one attached hydrogen (secondary N) is 1. The molecule has 0 saturated heterocycles. The fraction of sp³-hybridized carbons (Fsp3) is 0.476. The summed E-state index contributed by atoms with van der Waals surface area (Å²) in [6.07, 6.45) is 4.53. The Morgan fingerprint density at radius 3 is 2.79 bits per heavy atom. The first-order valence-electron chi connectivity index (χ1n) is 9.36. The van der Waals surface area contributed by atoms with E-state index in [1.54, 1.807) is 6.20 Å². The van der Waals surface area contributed by atoms with E-state index in [0.29, 0.717) is 16.5 Å². The maximum Gasteiger partial charge on any atom is 0.341 e. The summed E-state index contributed by atoms with van der Waals surface area (Å²) in [6, 6.07) is 5.60. The third-order valence-corrected chi connectivity index (χ3v) is 7.23. The number of ether oxygens (including phenoxy) is 1. The van der Waals surface area contributed by atoms with E-state index in [2.05, 4.69) is 31.1 Å². The van der Waals surface area contributed by atoms with Crippen LogP contribution in [0.1, 0.15) is 48.0 Å². The number of amides is 1. The summed E-state index contributed by atoms with van der Waals surface area (Å²) in [5.41, 5.74) is 1.80. The van der Waals surface area contributed by atoms with Crippen LogP contribution in [0.4, 0.5) is 5.00 Å². The standard InChI is InChI=1S/C21H26N2O3S2/c1-21(2,3)13-8-9-14-15(11-13)28-19(18(14)20(25)26-4)23-16(24)12-27-17-7-5-6-10-22-17/h5-7,10,13H,8-9,11-12H2,1-4H3,(H,23,24)/t13-/m1/s1. The molecule has 7 heteroatoms. The van der Waals surface area contributed by atoms with Crippen molar-refractivity contribution in [2.24, 2.45) is 11.3 Å². The van der Waals surface area contributed by atoms with Crippen LogP contribution in [0.25, 0.3) is 0 Å². The second-order valence-electron chi connectivity index (χ2n) is 8.01. The number of fused-ring (bicyclic) bond motifs is 1. The van der Waals surface area contributed by atoms with Gasteiger partial charge in [-0.2, -0.15) is 0 Å². The van der Waals surface area contributed by atoms with Gasteiger partial charge in [-0.05, 0) is 48.3 Å². The van der Waals surface area contributed by atoms with Crippen molar-refractivity contribution in [1.29, 1.82) is 0 Å². The Bertz CT molecular complexity index is 857. The first-order valence-corrected chi connectivity index (χ1v) is 11.2. The Morgan fingerprint density at radius 2 is 2.14 bits per heavy atom. The van der Waals surface area contributed by atoms with Crippen LogP contribution in [-0.4, -0.2) is 29.7 Å². The maximum atomic E-state index is 12.5. The van der Waals surface area contributed by atoms with Crippen LogP contribution in [0.2, 0.25) is 0 Å². The van der Waals surface area contributed by atoms with Gasteiger partial charge in [0.2, 0.25) is 5.91 Å². The molecular formula is C21H26N2O3S2. The quantitative estimate of drug-likeness (QED) is 0.557. The highest BCUT2D eigenvalue weighted by Crippen LogP contribution is 2.44. The van der Waals surface area contributed by atoms with Gasteiger partial charge >= 0.3 is 5.97 Å². The van der Waals surface area contributed by atoms with Gasteiger partial charge in [0, 0.05) is 11.1 Å². The van der Waals surface area contributed by atoms with Crippen molar-refractivity contribution < 1.29 is 14.3 Å². The lowest BCUT2D eigenvalue weighted by Gasteiger charge is -2.33. The Hall–Kier alpha value is -1.86. The van der Waals surface area contributed by atoms with Gasteiger partial charge in [0.1, 0.15) is 5.00 Å². The van der Waals surface area contributed by atoms with E-state index in [-0.39, 0.29) is 23.0 Å². The SMILES string of the molecule is COC(=O)c1c(NC(=O)CSc2ccccn2)sc2c1CC[C@@H](C(C)(C)C)C2. The van der Waals surface area contributed by atoms with E-state index in [1.165, 1.54) is 35.1 Å². The fourth-order valence-corrected chi connectivity index (χ4v) is 5.46.